The molecule has 0 aromatic carbocycles. The van der Waals surface area contributed by atoms with Crippen molar-refractivity contribution in [3.8, 4) is 0 Å². The Balaban J connectivity index is 0.000000360. The fourth-order valence-electron chi connectivity index (χ4n) is 3.93. The summed E-state index contributed by atoms with van der Waals surface area (Å²) >= 11 is 0. The summed E-state index contributed by atoms with van der Waals surface area (Å²) in [5.41, 5.74) is 1.96. The maximum absolute atomic E-state index is 12.8. The molecule has 9 nitrogen and oxygen atoms in total. The summed E-state index contributed by atoms with van der Waals surface area (Å²) in [6, 6.07) is 3.79. The van der Waals surface area contributed by atoms with Crippen LogP contribution in [0.4, 0.5) is 13.2 Å². The minimum atomic E-state index is -5.08. The smallest absolute Gasteiger partial charge is 0.475 e. The molecular weight excluding hydrogens is 431 g/mol. The summed E-state index contributed by atoms with van der Waals surface area (Å²) < 4.78 is 41.5. The lowest BCUT2D eigenvalue weighted by Gasteiger charge is -2.23. The minimum Gasteiger partial charge on any atom is -0.475 e. The van der Waals surface area contributed by atoms with Crippen LogP contribution >= 0.6 is 0 Å². The van der Waals surface area contributed by atoms with E-state index in [-0.39, 0.29) is 12.0 Å². The number of hydrogen-bond acceptors (Lipinski definition) is 5. The number of aliphatic carboxylic acids is 1. The first-order chi connectivity index (χ1) is 15.0. The first-order valence-corrected chi connectivity index (χ1v) is 10.1. The normalized spacial score (nSPS) is 21.5. The van der Waals surface area contributed by atoms with Crippen molar-refractivity contribution >= 4 is 11.9 Å². The van der Waals surface area contributed by atoms with Gasteiger partial charge in [0.05, 0.1) is 18.9 Å². The Hall–Kier alpha value is -2.86. The van der Waals surface area contributed by atoms with Crippen LogP contribution in [0, 0.1) is 5.92 Å². The first kappa shape index (κ1) is 23.8. The molecule has 0 unspecified atom stereocenters. The Morgan fingerprint density at radius 1 is 1.25 bits per heavy atom. The van der Waals surface area contributed by atoms with E-state index < -0.39 is 12.1 Å². The highest BCUT2D eigenvalue weighted by molar-refractivity contribution is 5.93. The summed E-state index contributed by atoms with van der Waals surface area (Å²) in [6.45, 7) is 4.93. The number of amides is 1. The Bertz CT molecular complexity index is 942. The van der Waals surface area contributed by atoms with Crippen LogP contribution in [-0.2, 0) is 30.2 Å². The highest BCUT2D eigenvalue weighted by atomic mass is 19.4. The number of carbonyl (C=O) groups is 2. The van der Waals surface area contributed by atoms with E-state index in [4.69, 9.17) is 14.6 Å². The Morgan fingerprint density at radius 3 is 2.53 bits per heavy atom. The van der Waals surface area contributed by atoms with E-state index >= 15 is 0 Å². The number of carboxylic acid groups (broad SMARTS) is 1. The molecule has 2 atom stereocenters. The average molecular weight is 457 g/mol. The number of carbonyl (C=O) groups excluding carboxylic acids is 1. The topological polar surface area (TPSA) is 92.8 Å². The van der Waals surface area contributed by atoms with E-state index in [9.17, 15) is 18.0 Å². The van der Waals surface area contributed by atoms with Crippen molar-refractivity contribution in [1.82, 2.24) is 24.1 Å². The van der Waals surface area contributed by atoms with Crippen LogP contribution in [0.2, 0.25) is 0 Å². The number of aromatic nitrogens is 3. The number of halogens is 3. The summed E-state index contributed by atoms with van der Waals surface area (Å²) in [4.78, 5) is 26.0. The summed E-state index contributed by atoms with van der Waals surface area (Å²) in [5.74, 6) is -2.29. The molecule has 1 N–H and O–H groups in total. The van der Waals surface area contributed by atoms with Crippen molar-refractivity contribution in [2.75, 3.05) is 32.8 Å². The largest absolute Gasteiger partial charge is 0.490 e. The van der Waals surface area contributed by atoms with Crippen molar-refractivity contribution < 1.29 is 32.6 Å². The van der Waals surface area contributed by atoms with Gasteiger partial charge >= 0.3 is 12.1 Å². The molecule has 0 saturated carbocycles. The number of hydrogen-bond donors (Lipinski definition) is 1. The van der Waals surface area contributed by atoms with Gasteiger partial charge in [-0.3, -0.25) is 14.4 Å². The van der Waals surface area contributed by atoms with Gasteiger partial charge in [0, 0.05) is 70.7 Å². The van der Waals surface area contributed by atoms with E-state index in [1.54, 1.807) is 0 Å². The van der Waals surface area contributed by atoms with Crippen molar-refractivity contribution in [3.05, 3.63) is 42.0 Å². The van der Waals surface area contributed by atoms with Gasteiger partial charge in [0.25, 0.3) is 5.91 Å². The van der Waals surface area contributed by atoms with Crippen LogP contribution in [0.25, 0.3) is 0 Å². The standard InChI is InChI=1S/C18H25N5O2.C2HF3O2/c1-20-5-3-4-16(20)18(24)23-12-15-11-22(6-7-25-17(15)13-23)10-14-8-19-21(2)9-14;3-2(4,5)1(6)7/h3-5,8-9,15,17H,6-7,10-13H2,1-2H3;(H,6,7)/t15-,17+;/m0./s1. The molecule has 1 amide bonds. The zero-order valence-electron chi connectivity index (χ0n) is 17.8. The molecule has 32 heavy (non-hydrogen) atoms. The van der Waals surface area contributed by atoms with Crippen LogP contribution in [-0.4, -0.2) is 86.2 Å². The Kier molecular flexibility index (Phi) is 7.24. The van der Waals surface area contributed by atoms with Gasteiger partial charge < -0.3 is 19.3 Å². The fourth-order valence-corrected chi connectivity index (χ4v) is 3.93. The van der Waals surface area contributed by atoms with E-state index in [0.717, 1.165) is 31.9 Å². The van der Waals surface area contributed by atoms with Gasteiger partial charge in [-0.05, 0) is 12.1 Å². The van der Waals surface area contributed by atoms with Gasteiger partial charge in [0.2, 0.25) is 0 Å². The zero-order chi connectivity index (χ0) is 23.5. The van der Waals surface area contributed by atoms with Crippen molar-refractivity contribution in [2.45, 2.75) is 18.8 Å². The van der Waals surface area contributed by atoms with Crippen LogP contribution in [0.3, 0.4) is 0 Å². The maximum atomic E-state index is 12.8. The quantitative estimate of drug-likeness (QED) is 0.749. The highest BCUT2D eigenvalue weighted by Gasteiger charge is 2.39. The fraction of sp³-hybridized carbons (Fsp3) is 0.550. The van der Waals surface area contributed by atoms with Gasteiger partial charge in [-0.1, -0.05) is 0 Å². The van der Waals surface area contributed by atoms with E-state index in [0.29, 0.717) is 19.1 Å². The molecule has 12 heteroatoms. The third kappa shape index (κ3) is 5.88. The molecule has 0 bridgehead atoms. The number of carboxylic acids is 1. The van der Waals surface area contributed by atoms with Gasteiger partial charge in [-0.25, -0.2) is 4.79 Å². The predicted molar refractivity (Wildman–Crippen MR) is 107 cm³/mol. The number of nitrogens with zero attached hydrogens (tertiary/aromatic N) is 5. The van der Waals surface area contributed by atoms with Crippen LogP contribution in [0.5, 0.6) is 0 Å². The van der Waals surface area contributed by atoms with Crippen LogP contribution in [0.15, 0.2) is 30.7 Å². The molecule has 0 spiro atoms. The summed E-state index contributed by atoms with van der Waals surface area (Å²) in [5, 5.41) is 11.4. The van der Waals surface area contributed by atoms with Gasteiger partial charge in [0.15, 0.2) is 0 Å². The number of aryl methyl sites for hydroxylation is 2. The molecule has 2 saturated heterocycles. The van der Waals surface area contributed by atoms with E-state index in [2.05, 4.69) is 16.2 Å². The predicted octanol–water partition coefficient (Wildman–Crippen LogP) is 1.36. The second-order valence-electron chi connectivity index (χ2n) is 7.94. The summed E-state index contributed by atoms with van der Waals surface area (Å²) in [7, 11) is 3.85. The number of ether oxygens (including phenoxy) is 1. The number of alkyl halides is 3. The number of fused-ring (bicyclic) bond motifs is 1. The first-order valence-electron chi connectivity index (χ1n) is 10.1. The SMILES string of the molecule is Cn1cc(CN2CCO[C@@H]3CN(C(=O)c4cccn4C)C[C@@H]3C2)cn1.O=C(O)C(F)(F)F. The zero-order valence-corrected chi connectivity index (χ0v) is 17.8. The van der Waals surface area contributed by atoms with Gasteiger partial charge in [-0.15, -0.1) is 0 Å². The molecular formula is C20H26F3N5O4. The molecule has 4 rings (SSSR count). The van der Waals surface area contributed by atoms with Gasteiger partial charge in [0.1, 0.15) is 5.69 Å². The van der Waals surface area contributed by atoms with Crippen molar-refractivity contribution in [1.29, 1.82) is 0 Å². The molecule has 176 valence electrons. The van der Waals surface area contributed by atoms with Gasteiger partial charge in [-0.2, -0.15) is 18.3 Å². The average Bonchev–Trinajstić information content (AvgIpc) is 3.39. The monoisotopic (exact) mass is 457 g/mol. The molecule has 0 radical (unpaired) electrons. The van der Waals surface area contributed by atoms with Crippen LogP contribution < -0.4 is 0 Å². The lowest BCUT2D eigenvalue weighted by Crippen LogP contribution is -2.34. The molecule has 2 aromatic rings. The second-order valence-corrected chi connectivity index (χ2v) is 7.94. The molecule has 0 aliphatic carbocycles. The van der Waals surface area contributed by atoms with Crippen molar-refractivity contribution in [3.63, 3.8) is 0 Å². The lowest BCUT2D eigenvalue weighted by molar-refractivity contribution is -0.192. The highest BCUT2D eigenvalue weighted by Crippen LogP contribution is 2.25. The minimum absolute atomic E-state index is 0.1000. The van der Waals surface area contributed by atoms with Crippen molar-refractivity contribution in [2.24, 2.45) is 20.0 Å². The molecule has 4 heterocycles. The van der Waals surface area contributed by atoms with Crippen LogP contribution in [0.1, 0.15) is 16.1 Å². The third-order valence-corrected chi connectivity index (χ3v) is 5.47. The Morgan fingerprint density at radius 2 is 1.97 bits per heavy atom. The molecule has 2 aromatic heterocycles. The third-order valence-electron chi connectivity index (χ3n) is 5.47. The molecule has 2 aliphatic rings. The number of rotatable bonds is 3. The second kappa shape index (κ2) is 9.74. The number of likely N-dealkylation sites (tertiary alicyclic amines) is 1. The molecule has 2 aliphatic heterocycles. The van der Waals surface area contributed by atoms with E-state index in [1.165, 1.54) is 5.56 Å². The maximum Gasteiger partial charge on any atom is 0.490 e. The lowest BCUT2D eigenvalue weighted by atomic mass is 10.1. The molecule has 2 fully saturated rings. The van der Waals surface area contributed by atoms with E-state index in [1.807, 2.05) is 52.8 Å². The summed E-state index contributed by atoms with van der Waals surface area (Å²) in [6.07, 6.45) is 0.947. The Labute approximate surface area is 183 Å².